The summed E-state index contributed by atoms with van der Waals surface area (Å²) in [7, 11) is 1.36. The Morgan fingerprint density at radius 2 is 1.93 bits per heavy atom. The first-order valence-corrected chi connectivity index (χ1v) is 9.33. The minimum atomic E-state index is -0.390. The molecule has 0 bridgehead atoms. The van der Waals surface area contributed by atoms with Crippen molar-refractivity contribution in [2.45, 2.75) is 19.4 Å². The molecule has 6 heteroatoms. The van der Waals surface area contributed by atoms with Crippen molar-refractivity contribution >= 4 is 17.6 Å². The third-order valence-corrected chi connectivity index (χ3v) is 4.49. The summed E-state index contributed by atoms with van der Waals surface area (Å²) in [5.41, 5.74) is 1.57. The summed E-state index contributed by atoms with van der Waals surface area (Å²) in [6, 6.07) is 14.8. The highest BCUT2D eigenvalue weighted by Crippen LogP contribution is 2.19. The summed E-state index contributed by atoms with van der Waals surface area (Å²) >= 11 is 5.71. The van der Waals surface area contributed by atoms with Gasteiger partial charge in [0.05, 0.1) is 19.8 Å². The fourth-order valence-electron chi connectivity index (χ4n) is 2.51. The molecule has 146 valence electrons. The smallest absolute Gasteiger partial charge is 0.341 e. The molecule has 5 nitrogen and oxygen atoms in total. The molecule has 1 atom stereocenters. The predicted octanol–water partition coefficient (Wildman–Crippen LogP) is 3.88. The molecule has 2 aromatic rings. The van der Waals surface area contributed by atoms with E-state index < -0.39 is 0 Å². The summed E-state index contributed by atoms with van der Waals surface area (Å²) in [6.07, 6.45) is 0.959. The second-order valence-electron chi connectivity index (χ2n) is 6.08. The fourth-order valence-corrected chi connectivity index (χ4v) is 2.64. The third-order valence-electron chi connectivity index (χ3n) is 4.07. The number of ether oxygens (including phenoxy) is 3. The van der Waals surface area contributed by atoms with Crippen LogP contribution in [0.2, 0.25) is 5.02 Å². The summed E-state index contributed by atoms with van der Waals surface area (Å²) in [5.74, 6) is 0.147. The zero-order valence-electron chi connectivity index (χ0n) is 15.7. The van der Waals surface area contributed by atoms with Crippen LogP contribution in [0.4, 0.5) is 0 Å². The topological polar surface area (TPSA) is 56.8 Å². The van der Waals surface area contributed by atoms with Gasteiger partial charge in [0.2, 0.25) is 0 Å². The minimum Gasteiger partial charge on any atom is -0.490 e. The van der Waals surface area contributed by atoms with Crippen molar-refractivity contribution in [3.63, 3.8) is 0 Å². The first-order chi connectivity index (χ1) is 13.1. The first kappa shape index (κ1) is 21.2. The second-order valence-corrected chi connectivity index (χ2v) is 6.49. The molecule has 1 saturated heterocycles. The average molecular weight is 392 g/mol. The Hall–Kier alpha value is -2.08. The van der Waals surface area contributed by atoms with Crippen molar-refractivity contribution in [2.75, 3.05) is 33.4 Å². The lowest BCUT2D eigenvalue weighted by molar-refractivity contribution is 0.0287. The van der Waals surface area contributed by atoms with E-state index in [0.717, 1.165) is 30.1 Å². The number of carbonyl (C=O) groups excluding carboxylic acids is 1. The van der Waals surface area contributed by atoms with Crippen molar-refractivity contribution in [3.05, 3.63) is 64.7 Å². The zero-order valence-corrected chi connectivity index (χ0v) is 16.5. The van der Waals surface area contributed by atoms with E-state index in [1.54, 1.807) is 18.2 Å². The van der Waals surface area contributed by atoms with Crippen LogP contribution in [-0.2, 0) is 9.47 Å². The maximum Gasteiger partial charge on any atom is 0.341 e. The average Bonchev–Trinajstić information content (AvgIpc) is 2.98. The van der Waals surface area contributed by atoms with Gasteiger partial charge in [0.1, 0.15) is 17.9 Å². The molecular formula is C21H26ClNO4. The van der Waals surface area contributed by atoms with Crippen molar-refractivity contribution in [3.8, 4) is 5.75 Å². The van der Waals surface area contributed by atoms with Gasteiger partial charge in [-0.3, -0.25) is 0 Å². The van der Waals surface area contributed by atoms with Crippen LogP contribution in [0.1, 0.15) is 22.3 Å². The summed E-state index contributed by atoms with van der Waals surface area (Å²) in [4.78, 5) is 11.6. The van der Waals surface area contributed by atoms with Crippen LogP contribution in [0.3, 0.4) is 0 Å². The molecule has 27 heavy (non-hydrogen) atoms. The Bertz CT molecular complexity index is 694. The number of para-hydroxylation sites is 1. The first-order valence-electron chi connectivity index (χ1n) is 8.95. The molecule has 1 unspecified atom stereocenters. The Labute approximate surface area is 165 Å². The minimum absolute atomic E-state index is 0.0562. The summed E-state index contributed by atoms with van der Waals surface area (Å²) in [6.45, 7) is 4.91. The lowest BCUT2D eigenvalue weighted by Gasteiger charge is -2.16. The van der Waals surface area contributed by atoms with E-state index in [2.05, 4.69) is 5.32 Å². The molecule has 0 spiro atoms. The second kappa shape index (κ2) is 11.6. The number of esters is 1. The van der Waals surface area contributed by atoms with Crippen LogP contribution in [0.25, 0.3) is 0 Å². The summed E-state index contributed by atoms with van der Waals surface area (Å²) < 4.78 is 16.1. The maximum atomic E-state index is 11.6. The van der Waals surface area contributed by atoms with Crippen LogP contribution >= 0.6 is 11.6 Å². The Morgan fingerprint density at radius 1 is 1.19 bits per heavy atom. The van der Waals surface area contributed by atoms with Gasteiger partial charge in [-0.15, -0.1) is 0 Å². The molecule has 0 aliphatic carbocycles. The lowest BCUT2D eigenvalue weighted by atomic mass is 10.2. The zero-order chi connectivity index (χ0) is 19.5. The number of aryl methyl sites for hydroxylation is 1. The SMILES string of the molecule is COC(=O)c1ccccc1OCC1CCNCCO1.Cc1ccccc1Cl. The molecular weight excluding hydrogens is 366 g/mol. The van der Waals surface area contributed by atoms with Gasteiger partial charge >= 0.3 is 5.97 Å². The lowest BCUT2D eigenvalue weighted by Crippen LogP contribution is -2.23. The third kappa shape index (κ3) is 7.21. The van der Waals surface area contributed by atoms with Gasteiger partial charge in [0.15, 0.2) is 0 Å². The molecule has 1 fully saturated rings. The number of nitrogens with one attached hydrogen (secondary N) is 1. The maximum absolute atomic E-state index is 11.6. The largest absolute Gasteiger partial charge is 0.490 e. The number of hydrogen-bond donors (Lipinski definition) is 1. The van der Waals surface area contributed by atoms with Crippen LogP contribution in [0, 0.1) is 6.92 Å². The van der Waals surface area contributed by atoms with Crippen molar-refractivity contribution in [1.82, 2.24) is 5.32 Å². The molecule has 0 aromatic heterocycles. The van der Waals surface area contributed by atoms with E-state index in [1.165, 1.54) is 7.11 Å². The van der Waals surface area contributed by atoms with E-state index in [0.29, 0.717) is 24.5 Å². The van der Waals surface area contributed by atoms with Gasteiger partial charge in [-0.05, 0) is 43.7 Å². The van der Waals surface area contributed by atoms with Crippen LogP contribution in [-0.4, -0.2) is 45.5 Å². The Morgan fingerprint density at radius 3 is 2.63 bits per heavy atom. The van der Waals surface area contributed by atoms with E-state index in [-0.39, 0.29) is 12.1 Å². The van der Waals surface area contributed by atoms with E-state index >= 15 is 0 Å². The molecule has 2 aromatic carbocycles. The molecule has 0 radical (unpaired) electrons. The van der Waals surface area contributed by atoms with E-state index in [9.17, 15) is 4.79 Å². The van der Waals surface area contributed by atoms with Gasteiger partial charge in [-0.2, -0.15) is 0 Å². The van der Waals surface area contributed by atoms with Gasteiger partial charge in [-0.25, -0.2) is 4.79 Å². The standard InChI is InChI=1S/C14H19NO4.C7H7Cl/c1-17-14(16)12-4-2-3-5-13(12)19-10-11-6-7-15-8-9-18-11;1-6-4-2-3-5-7(6)8/h2-5,11,15H,6-10H2,1H3;2-5H,1H3. The van der Waals surface area contributed by atoms with E-state index in [1.807, 2.05) is 37.3 Å². The fraction of sp³-hybridized carbons (Fsp3) is 0.381. The van der Waals surface area contributed by atoms with Gasteiger partial charge in [0.25, 0.3) is 0 Å². The highest BCUT2D eigenvalue weighted by atomic mass is 35.5. The highest BCUT2D eigenvalue weighted by molar-refractivity contribution is 6.31. The molecule has 0 amide bonds. The number of carbonyl (C=O) groups is 1. The molecule has 0 saturated carbocycles. The molecule has 1 aliphatic rings. The van der Waals surface area contributed by atoms with Gasteiger partial charge < -0.3 is 19.5 Å². The number of benzene rings is 2. The predicted molar refractivity (Wildman–Crippen MR) is 107 cm³/mol. The van der Waals surface area contributed by atoms with Gasteiger partial charge in [-0.1, -0.05) is 41.9 Å². The number of halogens is 1. The monoisotopic (exact) mass is 391 g/mol. The van der Waals surface area contributed by atoms with Gasteiger partial charge in [0, 0.05) is 11.6 Å². The Kier molecular flexibility index (Phi) is 9.11. The molecule has 3 rings (SSSR count). The van der Waals surface area contributed by atoms with Crippen molar-refractivity contribution in [1.29, 1.82) is 0 Å². The number of rotatable bonds is 4. The van der Waals surface area contributed by atoms with Crippen molar-refractivity contribution < 1.29 is 19.0 Å². The normalized spacial score (nSPS) is 16.5. The molecule has 1 N–H and O–H groups in total. The van der Waals surface area contributed by atoms with Crippen LogP contribution in [0.5, 0.6) is 5.75 Å². The van der Waals surface area contributed by atoms with E-state index in [4.69, 9.17) is 25.8 Å². The molecule has 1 heterocycles. The van der Waals surface area contributed by atoms with Crippen molar-refractivity contribution in [2.24, 2.45) is 0 Å². The van der Waals surface area contributed by atoms with Crippen LogP contribution in [0.15, 0.2) is 48.5 Å². The number of methoxy groups -OCH3 is 1. The number of hydrogen-bond acceptors (Lipinski definition) is 5. The Balaban J connectivity index is 0.000000273. The van der Waals surface area contributed by atoms with Crippen LogP contribution < -0.4 is 10.1 Å². The summed E-state index contributed by atoms with van der Waals surface area (Å²) in [5, 5.41) is 4.10. The highest BCUT2D eigenvalue weighted by Gasteiger charge is 2.16. The molecule has 1 aliphatic heterocycles. The quantitative estimate of drug-likeness (QED) is 0.801.